The molecule has 0 bridgehead atoms. The van der Waals surface area contributed by atoms with Crippen LogP contribution >= 0.6 is 11.8 Å². The SMILES string of the molecule is CC1CCN(C(=O)C2CCSC2)CC1. The maximum atomic E-state index is 12.0. The highest BCUT2D eigenvalue weighted by molar-refractivity contribution is 7.99. The Kier molecular flexibility index (Phi) is 3.37. The van der Waals surface area contributed by atoms with E-state index in [1.165, 1.54) is 18.6 Å². The van der Waals surface area contributed by atoms with Crippen molar-refractivity contribution in [2.24, 2.45) is 11.8 Å². The van der Waals surface area contributed by atoms with Crippen molar-refractivity contribution in [2.45, 2.75) is 26.2 Å². The summed E-state index contributed by atoms with van der Waals surface area (Å²) in [6.45, 7) is 4.29. The fourth-order valence-electron chi connectivity index (χ4n) is 2.22. The van der Waals surface area contributed by atoms with Crippen LogP contribution in [0.5, 0.6) is 0 Å². The van der Waals surface area contributed by atoms with E-state index in [4.69, 9.17) is 0 Å². The third-order valence-electron chi connectivity index (χ3n) is 3.37. The number of carbonyl (C=O) groups is 1. The average molecular weight is 213 g/mol. The largest absolute Gasteiger partial charge is 0.342 e. The molecule has 0 aliphatic carbocycles. The van der Waals surface area contributed by atoms with Gasteiger partial charge in [-0.1, -0.05) is 6.92 Å². The number of carbonyl (C=O) groups excluding carboxylic acids is 1. The molecule has 3 heteroatoms. The van der Waals surface area contributed by atoms with Gasteiger partial charge in [-0.25, -0.2) is 0 Å². The van der Waals surface area contributed by atoms with Crippen LogP contribution in [0.15, 0.2) is 0 Å². The number of thioether (sulfide) groups is 1. The summed E-state index contributed by atoms with van der Waals surface area (Å²) < 4.78 is 0. The van der Waals surface area contributed by atoms with Crippen LogP contribution in [0.25, 0.3) is 0 Å². The Labute approximate surface area is 90.4 Å². The molecular formula is C11H19NOS. The molecule has 14 heavy (non-hydrogen) atoms. The van der Waals surface area contributed by atoms with Gasteiger partial charge in [-0.05, 0) is 30.9 Å². The zero-order valence-electron chi connectivity index (χ0n) is 8.87. The number of hydrogen-bond donors (Lipinski definition) is 0. The Bertz CT molecular complexity index is 205. The molecular weight excluding hydrogens is 194 g/mol. The van der Waals surface area contributed by atoms with Crippen molar-refractivity contribution in [1.82, 2.24) is 4.90 Å². The maximum absolute atomic E-state index is 12.0. The predicted molar refractivity (Wildman–Crippen MR) is 60.4 cm³/mol. The lowest BCUT2D eigenvalue weighted by molar-refractivity contribution is -0.136. The summed E-state index contributed by atoms with van der Waals surface area (Å²) in [4.78, 5) is 14.1. The molecule has 0 spiro atoms. The van der Waals surface area contributed by atoms with Crippen molar-refractivity contribution < 1.29 is 4.79 Å². The van der Waals surface area contributed by atoms with Crippen LogP contribution in [0.3, 0.4) is 0 Å². The van der Waals surface area contributed by atoms with E-state index in [0.29, 0.717) is 11.8 Å². The van der Waals surface area contributed by atoms with Crippen molar-refractivity contribution in [3.63, 3.8) is 0 Å². The van der Waals surface area contributed by atoms with Gasteiger partial charge >= 0.3 is 0 Å². The molecule has 0 aromatic carbocycles. The number of piperidine rings is 1. The van der Waals surface area contributed by atoms with E-state index in [2.05, 4.69) is 11.8 Å². The van der Waals surface area contributed by atoms with E-state index in [0.717, 1.165) is 31.2 Å². The van der Waals surface area contributed by atoms with Crippen molar-refractivity contribution >= 4 is 17.7 Å². The van der Waals surface area contributed by atoms with Gasteiger partial charge in [0.15, 0.2) is 0 Å². The average Bonchev–Trinajstić information content (AvgIpc) is 2.71. The van der Waals surface area contributed by atoms with E-state index in [9.17, 15) is 4.79 Å². The molecule has 2 rings (SSSR count). The third-order valence-corrected chi connectivity index (χ3v) is 4.54. The van der Waals surface area contributed by atoms with Crippen molar-refractivity contribution in [1.29, 1.82) is 0 Å². The predicted octanol–water partition coefficient (Wildman–Crippen LogP) is 2.00. The Morgan fingerprint density at radius 3 is 2.57 bits per heavy atom. The summed E-state index contributed by atoms with van der Waals surface area (Å²) in [5.41, 5.74) is 0. The summed E-state index contributed by atoms with van der Waals surface area (Å²) in [5.74, 6) is 3.83. The second kappa shape index (κ2) is 4.56. The summed E-state index contributed by atoms with van der Waals surface area (Å²) in [6, 6.07) is 0. The minimum Gasteiger partial charge on any atom is -0.342 e. The normalized spacial score (nSPS) is 29.5. The molecule has 0 radical (unpaired) electrons. The van der Waals surface area contributed by atoms with Crippen LogP contribution in [0, 0.1) is 11.8 Å². The number of hydrogen-bond acceptors (Lipinski definition) is 2. The van der Waals surface area contributed by atoms with E-state index < -0.39 is 0 Å². The highest BCUT2D eigenvalue weighted by Crippen LogP contribution is 2.27. The lowest BCUT2D eigenvalue weighted by Gasteiger charge is -2.32. The first kappa shape index (κ1) is 10.3. The monoisotopic (exact) mass is 213 g/mol. The molecule has 80 valence electrons. The van der Waals surface area contributed by atoms with Crippen LogP contribution in [0.4, 0.5) is 0 Å². The standard InChI is InChI=1S/C11H19NOS/c1-9-2-5-12(6-3-9)11(13)10-4-7-14-8-10/h9-10H,2-8H2,1H3. The van der Waals surface area contributed by atoms with Gasteiger partial charge < -0.3 is 4.90 Å². The van der Waals surface area contributed by atoms with Gasteiger partial charge in [-0.2, -0.15) is 11.8 Å². The molecule has 0 N–H and O–H groups in total. The van der Waals surface area contributed by atoms with Gasteiger partial charge in [0, 0.05) is 24.8 Å². The smallest absolute Gasteiger partial charge is 0.226 e. The molecule has 1 amide bonds. The lowest BCUT2D eigenvalue weighted by Crippen LogP contribution is -2.41. The second-order valence-corrected chi connectivity index (χ2v) is 5.72. The molecule has 0 saturated carbocycles. The van der Waals surface area contributed by atoms with Crippen molar-refractivity contribution in [3.05, 3.63) is 0 Å². The molecule has 0 aromatic rings. The van der Waals surface area contributed by atoms with E-state index in [-0.39, 0.29) is 0 Å². The van der Waals surface area contributed by atoms with Gasteiger partial charge in [0.25, 0.3) is 0 Å². The van der Waals surface area contributed by atoms with Crippen LogP contribution in [0.1, 0.15) is 26.2 Å². The number of rotatable bonds is 1. The Morgan fingerprint density at radius 2 is 2.00 bits per heavy atom. The Morgan fingerprint density at radius 1 is 1.29 bits per heavy atom. The number of amides is 1. The van der Waals surface area contributed by atoms with Crippen molar-refractivity contribution in [2.75, 3.05) is 24.6 Å². The highest BCUT2D eigenvalue weighted by Gasteiger charge is 2.29. The van der Waals surface area contributed by atoms with Crippen LogP contribution in [0.2, 0.25) is 0 Å². The zero-order chi connectivity index (χ0) is 9.97. The molecule has 1 atom stereocenters. The molecule has 2 fully saturated rings. The minimum absolute atomic E-state index is 0.341. The van der Waals surface area contributed by atoms with Gasteiger partial charge in [0.05, 0.1) is 0 Å². The van der Waals surface area contributed by atoms with Crippen LogP contribution < -0.4 is 0 Å². The van der Waals surface area contributed by atoms with E-state index in [1.54, 1.807) is 0 Å². The van der Waals surface area contributed by atoms with Crippen molar-refractivity contribution in [3.8, 4) is 0 Å². The maximum Gasteiger partial charge on any atom is 0.226 e. The third kappa shape index (κ3) is 2.25. The molecule has 2 heterocycles. The highest BCUT2D eigenvalue weighted by atomic mass is 32.2. The van der Waals surface area contributed by atoms with Gasteiger partial charge in [0.2, 0.25) is 5.91 Å². The summed E-state index contributed by atoms with van der Waals surface area (Å²) in [6.07, 6.45) is 3.51. The first-order chi connectivity index (χ1) is 6.77. The summed E-state index contributed by atoms with van der Waals surface area (Å²) in [5, 5.41) is 0. The molecule has 1 unspecified atom stereocenters. The number of nitrogens with zero attached hydrogens (tertiary/aromatic N) is 1. The molecule has 0 aromatic heterocycles. The minimum atomic E-state index is 0.341. The first-order valence-electron chi connectivity index (χ1n) is 5.64. The second-order valence-electron chi connectivity index (χ2n) is 4.57. The van der Waals surface area contributed by atoms with Gasteiger partial charge in [-0.15, -0.1) is 0 Å². The first-order valence-corrected chi connectivity index (χ1v) is 6.79. The molecule has 2 aliphatic rings. The molecule has 2 saturated heterocycles. The lowest BCUT2D eigenvalue weighted by atomic mass is 9.97. The summed E-state index contributed by atoms with van der Waals surface area (Å²) >= 11 is 1.93. The Hall–Kier alpha value is -0.180. The summed E-state index contributed by atoms with van der Waals surface area (Å²) in [7, 11) is 0. The number of likely N-dealkylation sites (tertiary alicyclic amines) is 1. The Balaban J connectivity index is 1.85. The van der Waals surface area contributed by atoms with Gasteiger partial charge in [-0.3, -0.25) is 4.79 Å². The zero-order valence-corrected chi connectivity index (χ0v) is 9.68. The van der Waals surface area contributed by atoms with Gasteiger partial charge in [0.1, 0.15) is 0 Å². The molecule has 2 aliphatic heterocycles. The molecule has 2 nitrogen and oxygen atoms in total. The van der Waals surface area contributed by atoms with E-state index in [1.807, 2.05) is 11.8 Å². The topological polar surface area (TPSA) is 20.3 Å². The van der Waals surface area contributed by atoms with Crippen LogP contribution in [-0.2, 0) is 4.79 Å². The fraction of sp³-hybridized carbons (Fsp3) is 0.909. The quantitative estimate of drug-likeness (QED) is 0.664. The van der Waals surface area contributed by atoms with E-state index >= 15 is 0 Å². The van der Waals surface area contributed by atoms with Crippen LogP contribution in [-0.4, -0.2) is 35.4 Å². The fourth-order valence-corrected chi connectivity index (χ4v) is 3.43.